The van der Waals surface area contributed by atoms with Gasteiger partial charge in [0.15, 0.2) is 0 Å². The van der Waals surface area contributed by atoms with Crippen molar-refractivity contribution in [2.75, 3.05) is 11.4 Å². The highest BCUT2D eigenvalue weighted by Crippen LogP contribution is 2.30. The van der Waals surface area contributed by atoms with Crippen molar-refractivity contribution in [2.24, 2.45) is 0 Å². The molecule has 0 saturated carbocycles. The molecule has 1 aromatic carbocycles. The van der Waals surface area contributed by atoms with E-state index in [2.05, 4.69) is 31.7 Å². The number of alkyl halides is 1. The lowest BCUT2D eigenvalue weighted by molar-refractivity contribution is 0.669. The zero-order valence-electron chi connectivity index (χ0n) is 10.1. The second kappa shape index (κ2) is 6.36. The zero-order chi connectivity index (χ0) is 12.1. The Morgan fingerprint density at radius 1 is 1.31 bits per heavy atom. The third-order valence-corrected chi connectivity index (χ3v) is 3.25. The lowest BCUT2D eigenvalue weighted by Gasteiger charge is -2.30. The molecule has 0 aliphatic rings. The van der Waals surface area contributed by atoms with Gasteiger partial charge in [-0.15, -0.1) is 11.6 Å². The van der Waals surface area contributed by atoms with Gasteiger partial charge in [0.2, 0.25) is 0 Å². The van der Waals surface area contributed by atoms with Gasteiger partial charge in [0.25, 0.3) is 0 Å². The van der Waals surface area contributed by atoms with Crippen LogP contribution in [0.3, 0.4) is 0 Å². The molecule has 0 N–H and O–H groups in total. The number of benzene rings is 1. The van der Waals surface area contributed by atoms with Crippen LogP contribution in [0.4, 0.5) is 5.69 Å². The Bertz CT molecular complexity index is 337. The van der Waals surface area contributed by atoms with Crippen molar-refractivity contribution in [1.29, 1.82) is 0 Å². The maximum Gasteiger partial charge on any atom is 0.0509 e. The van der Waals surface area contributed by atoms with E-state index in [1.807, 2.05) is 12.1 Å². The van der Waals surface area contributed by atoms with Crippen molar-refractivity contribution >= 4 is 28.9 Å². The molecule has 0 atom stereocenters. The summed E-state index contributed by atoms with van der Waals surface area (Å²) in [6.07, 6.45) is 1.12. The highest BCUT2D eigenvalue weighted by atomic mass is 35.5. The van der Waals surface area contributed by atoms with Crippen molar-refractivity contribution in [3.05, 3.63) is 28.8 Å². The predicted molar refractivity (Wildman–Crippen MR) is 73.8 cm³/mol. The maximum atomic E-state index is 6.17. The van der Waals surface area contributed by atoms with Crippen LogP contribution in [0.1, 0.15) is 32.8 Å². The van der Waals surface area contributed by atoms with Gasteiger partial charge in [-0.05, 0) is 32.4 Å². The lowest BCUT2D eigenvalue weighted by atomic mass is 10.1. The standard InChI is InChI=1S/C13H19Cl2N/c1-4-8-16(10(2)3)13-7-5-6-12(15)11(13)9-14/h5-7,10H,4,8-9H2,1-3H3. The van der Waals surface area contributed by atoms with E-state index in [-0.39, 0.29) is 0 Å². The van der Waals surface area contributed by atoms with Crippen molar-refractivity contribution < 1.29 is 0 Å². The molecule has 0 aromatic heterocycles. The predicted octanol–water partition coefficient (Wildman–Crippen LogP) is 4.70. The molecule has 0 bridgehead atoms. The minimum Gasteiger partial charge on any atom is -0.369 e. The molecule has 0 aliphatic heterocycles. The Morgan fingerprint density at radius 2 is 2.00 bits per heavy atom. The number of anilines is 1. The summed E-state index contributed by atoms with van der Waals surface area (Å²) in [6.45, 7) is 7.59. The van der Waals surface area contributed by atoms with E-state index >= 15 is 0 Å². The van der Waals surface area contributed by atoms with Crippen molar-refractivity contribution in [3.63, 3.8) is 0 Å². The quantitative estimate of drug-likeness (QED) is 0.693. The minimum atomic E-state index is 0.459. The molecule has 0 amide bonds. The summed E-state index contributed by atoms with van der Waals surface area (Å²) >= 11 is 12.1. The van der Waals surface area contributed by atoms with Crippen molar-refractivity contribution in [3.8, 4) is 0 Å². The second-order valence-corrected chi connectivity index (χ2v) is 4.83. The fraction of sp³-hybridized carbons (Fsp3) is 0.538. The van der Waals surface area contributed by atoms with Crippen LogP contribution in [-0.4, -0.2) is 12.6 Å². The summed E-state index contributed by atoms with van der Waals surface area (Å²) in [7, 11) is 0. The lowest BCUT2D eigenvalue weighted by Crippen LogP contribution is -2.32. The Hall–Kier alpha value is -0.400. The third-order valence-electron chi connectivity index (χ3n) is 2.63. The first-order chi connectivity index (χ1) is 7.61. The Morgan fingerprint density at radius 3 is 2.50 bits per heavy atom. The number of nitrogens with zero attached hydrogens (tertiary/aromatic N) is 1. The van der Waals surface area contributed by atoms with E-state index in [9.17, 15) is 0 Å². The Labute approximate surface area is 108 Å². The van der Waals surface area contributed by atoms with Gasteiger partial charge >= 0.3 is 0 Å². The summed E-state index contributed by atoms with van der Waals surface area (Å²) in [5, 5.41) is 0.759. The normalized spacial score (nSPS) is 10.9. The summed E-state index contributed by atoms with van der Waals surface area (Å²) in [6, 6.07) is 6.44. The summed E-state index contributed by atoms with van der Waals surface area (Å²) in [5.41, 5.74) is 2.20. The molecule has 0 unspecified atom stereocenters. The van der Waals surface area contributed by atoms with Crippen LogP contribution < -0.4 is 4.90 Å². The fourth-order valence-electron chi connectivity index (χ4n) is 1.85. The van der Waals surface area contributed by atoms with E-state index in [1.165, 1.54) is 5.69 Å². The van der Waals surface area contributed by atoms with Gasteiger partial charge in [-0.2, -0.15) is 0 Å². The van der Waals surface area contributed by atoms with Gasteiger partial charge in [-0.25, -0.2) is 0 Å². The molecule has 0 heterocycles. The highest BCUT2D eigenvalue weighted by Gasteiger charge is 2.14. The number of hydrogen-bond acceptors (Lipinski definition) is 1. The van der Waals surface area contributed by atoms with E-state index < -0.39 is 0 Å². The van der Waals surface area contributed by atoms with Gasteiger partial charge < -0.3 is 4.90 Å². The average Bonchev–Trinajstić information content (AvgIpc) is 2.25. The first kappa shape index (κ1) is 13.7. The number of hydrogen-bond donors (Lipinski definition) is 0. The van der Waals surface area contributed by atoms with Crippen molar-refractivity contribution in [2.45, 2.75) is 39.1 Å². The second-order valence-electron chi connectivity index (χ2n) is 4.16. The van der Waals surface area contributed by atoms with E-state index in [0.717, 1.165) is 23.6 Å². The van der Waals surface area contributed by atoms with Crippen LogP contribution in [0.15, 0.2) is 18.2 Å². The van der Waals surface area contributed by atoms with Crippen LogP contribution in [-0.2, 0) is 5.88 Å². The molecule has 16 heavy (non-hydrogen) atoms. The Kier molecular flexibility index (Phi) is 5.43. The number of rotatable bonds is 5. The molecule has 0 aliphatic carbocycles. The largest absolute Gasteiger partial charge is 0.369 e. The van der Waals surface area contributed by atoms with Gasteiger partial charge in [-0.1, -0.05) is 24.6 Å². The van der Waals surface area contributed by atoms with Gasteiger partial charge in [0, 0.05) is 28.9 Å². The molecule has 1 aromatic rings. The molecule has 1 rings (SSSR count). The van der Waals surface area contributed by atoms with E-state index in [4.69, 9.17) is 23.2 Å². The summed E-state index contributed by atoms with van der Waals surface area (Å²) < 4.78 is 0. The molecule has 90 valence electrons. The molecular formula is C13H19Cl2N. The molecule has 3 heteroatoms. The molecule has 0 saturated heterocycles. The SMILES string of the molecule is CCCN(c1cccc(Cl)c1CCl)C(C)C. The first-order valence-electron chi connectivity index (χ1n) is 5.71. The minimum absolute atomic E-state index is 0.459. The van der Waals surface area contributed by atoms with Gasteiger partial charge in [0.1, 0.15) is 0 Å². The average molecular weight is 260 g/mol. The monoisotopic (exact) mass is 259 g/mol. The first-order valence-corrected chi connectivity index (χ1v) is 6.63. The molecule has 0 radical (unpaired) electrons. The van der Waals surface area contributed by atoms with Crippen LogP contribution in [0.5, 0.6) is 0 Å². The van der Waals surface area contributed by atoms with Crippen LogP contribution in [0, 0.1) is 0 Å². The molecule has 0 spiro atoms. The van der Waals surface area contributed by atoms with E-state index in [1.54, 1.807) is 0 Å². The molecular weight excluding hydrogens is 241 g/mol. The van der Waals surface area contributed by atoms with Crippen LogP contribution >= 0.6 is 23.2 Å². The Balaban J connectivity index is 3.12. The van der Waals surface area contributed by atoms with Gasteiger partial charge in [-0.3, -0.25) is 0 Å². The zero-order valence-corrected chi connectivity index (χ0v) is 11.6. The highest BCUT2D eigenvalue weighted by molar-refractivity contribution is 6.32. The molecule has 0 fully saturated rings. The smallest absolute Gasteiger partial charge is 0.0509 e. The summed E-state index contributed by atoms with van der Waals surface area (Å²) in [5.74, 6) is 0.460. The third kappa shape index (κ3) is 3.05. The topological polar surface area (TPSA) is 3.24 Å². The summed E-state index contributed by atoms with van der Waals surface area (Å²) in [4.78, 5) is 2.35. The van der Waals surface area contributed by atoms with Crippen LogP contribution in [0.25, 0.3) is 0 Å². The van der Waals surface area contributed by atoms with Crippen LogP contribution in [0.2, 0.25) is 5.02 Å². The fourth-order valence-corrected chi connectivity index (χ4v) is 2.43. The molecule has 1 nitrogen and oxygen atoms in total. The maximum absolute atomic E-state index is 6.17. The van der Waals surface area contributed by atoms with Crippen molar-refractivity contribution in [1.82, 2.24) is 0 Å². The van der Waals surface area contributed by atoms with Gasteiger partial charge in [0.05, 0.1) is 5.88 Å². The number of halogens is 2. The van der Waals surface area contributed by atoms with E-state index in [0.29, 0.717) is 11.9 Å².